The number of benzene rings is 1. The lowest BCUT2D eigenvalue weighted by atomic mass is 10.1. The lowest BCUT2D eigenvalue weighted by Gasteiger charge is -2.32. The molecule has 2 aromatic heterocycles. The summed E-state index contributed by atoms with van der Waals surface area (Å²) in [4.78, 5) is 12.8. The number of thioether (sulfide) groups is 1. The van der Waals surface area contributed by atoms with Crippen molar-refractivity contribution in [3.63, 3.8) is 0 Å². The Labute approximate surface area is 151 Å². The summed E-state index contributed by atoms with van der Waals surface area (Å²) in [6, 6.07) is 8.60. The van der Waals surface area contributed by atoms with Crippen LogP contribution in [0, 0.1) is 6.92 Å². The Hall–Kier alpha value is -2.28. The Bertz CT molecular complexity index is 898. The molecule has 1 saturated heterocycles. The van der Waals surface area contributed by atoms with Crippen molar-refractivity contribution in [1.82, 2.24) is 19.7 Å². The number of piperidine rings is 1. The van der Waals surface area contributed by atoms with E-state index in [-0.39, 0.29) is 0 Å². The third-order valence-corrected chi connectivity index (χ3v) is 6.24. The van der Waals surface area contributed by atoms with Crippen molar-refractivity contribution < 1.29 is 0 Å². The van der Waals surface area contributed by atoms with Crippen molar-refractivity contribution in [2.75, 3.05) is 23.7 Å². The van der Waals surface area contributed by atoms with Gasteiger partial charge in [0.2, 0.25) is 5.95 Å². The van der Waals surface area contributed by atoms with Gasteiger partial charge in [0, 0.05) is 30.3 Å². The van der Waals surface area contributed by atoms with Crippen LogP contribution in [0.2, 0.25) is 0 Å². The van der Waals surface area contributed by atoms with Crippen LogP contribution in [0.1, 0.15) is 18.4 Å². The van der Waals surface area contributed by atoms with E-state index < -0.39 is 0 Å². The number of aromatic nitrogens is 4. The molecule has 1 fully saturated rings. The van der Waals surface area contributed by atoms with Gasteiger partial charge in [-0.15, -0.1) is 11.8 Å². The lowest BCUT2D eigenvalue weighted by Crippen LogP contribution is -2.36. The third-order valence-electron chi connectivity index (χ3n) is 4.72. The summed E-state index contributed by atoms with van der Waals surface area (Å²) in [5.41, 5.74) is 8.23. The van der Waals surface area contributed by atoms with Crippen molar-refractivity contribution >= 4 is 34.6 Å². The average molecular weight is 354 g/mol. The van der Waals surface area contributed by atoms with E-state index >= 15 is 0 Å². The largest absolute Gasteiger partial charge is 0.383 e. The van der Waals surface area contributed by atoms with Crippen molar-refractivity contribution in [3.05, 3.63) is 36.0 Å². The van der Waals surface area contributed by atoms with Gasteiger partial charge in [0.15, 0.2) is 5.65 Å². The monoisotopic (exact) mass is 354 g/mol. The molecule has 1 aliphatic heterocycles. The number of nitrogens with two attached hydrogens (primary N) is 1. The summed E-state index contributed by atoms with van der Waals surface area (Å²) in [6.07, 6.45) is 3.96. The van der Waals surface area contributed by atoms with Crippen LogP contribution in [-0.2, 0) is 7.05 Å². The number of hydrogen-bond donors (Lipinski definition) is 1. The number of nitrogens with zero attached hydrogens (tertiary/aromatic N) is 5. The molecule has 0 amide bonds. The third kappa shape index (κ3) is 3.16. The molecular weight excluding hydrogens is 332 g/mol. The molecule has 130 valence electrons. The van der Waals surface area contributed by atoms with Crippen molar-refractivity contribution in [3.8, 4) is 0 Å². The van der Waals surface area contributed by atoms with E-state index in [0.29, 0.717) is 17.0 Å². The summed E-state index contributed by atoms with van der Waals surface area (Å²) >= 11 is 1.99. The fourth-order valence-corrected chi connectivity index (χ4v) is 4.43. The average Bonchev–Trinajstić information content (AvgIpc) is 2.99. The highest BCUT2D eigenvalue weighted by molar-refractivity contribution is 8.00. The minimum absolute atomic E-state index is 0.504. The van der Waals surface area contributed by atoms with Crippen LogP contribution < -0.4 is 10.6 Å². The molecule has 1 aliphatic rings. The van der Waals surface area contributed by atoms with Crippen LogP contribution in [0.4, 0.5) is 11.8 Å². The molecule has 6 nitrogen and oxygen atoms in total. The minimum atomic E-state index is 0.504. The summed E-state index contributed by atoms with van der Waals surface area (Å²) in [6.45, 7) is 4.08. The predicted octanol–water partition coefficient (Wildman–Crippen LogP) is 3.02. The van der Waals surface area contributed by atoms with Gasteiger partial charge in [0.25, 0.3) is 0 Å². The Balaban J connectivity index is 1.47. The number of anilines is 2. The van der Waals surface area contributed by atoms with Crippen LogP contribution in [0.3, 0.4) is 0 Å². The molecule has 2 N–H and O–H groups in total. The quantitative estimate of drug-likeness (QED) is 0.779. The van der Waals surface area contributed by atoms with E-state index in [4.69, 9.17) is 5.73 Å². The molecule has 1 aromatic carbocycles. The Kier molecular flexibility index (Phi) is 4.25. The standard InChI is InChI=1S/C18H22N6S/c1-12-5-3-4-6-15(12)25-13-7-9-24(10-8-13)18-21-16(19)14-11-20-23(2)17(14)22-18/h3-6,11,13H,7-10H2,1-2H3,(H2,19,21,22). The van der Waals surface area contributed by atoms with Gasteiger partial charge in [-0.1, -0.05) is 18.2 Å². The van der Waals surface area contributed by atoms with Crippen LogP contribution >= 0.6 is 11.8 Å². The van der Waals surface area contributed by atoms with E-state index in [1.54, 1.807) is 10.9 Å². The topological polar surface area (TPSA) is 72.9 Å². The van der Waals surface area contributed by atoms with Crippen LogP contribution in [-0.4, -0.2) is 38.1 Å². The Morgan fingerprint density at radius 2 is 1.92 bits per heavy atom. The SMILES string of the molecule is Cc1ccccc1SC1CCN(c2nc(N)c3cnn(C)c3n2)CC1. The highest BCUT2D eigenvalue weighted by Gasteiger charge is 2.23. The normalized spacial score (nSPS) is 15.8. The van der Waals surface area contributed by atoms with Gasteiger partial charge in [-0.3, -0.25) is 4.68 Å². The van der Waals surface area contributed by atoms with Crippen LogP contribution in [0.5, 0.6) is 0 Å². The maximum atomic E-state index is 6.09. The summed E-state index contributed by atoms with van der Waals surface area (Å²) in [7, 11) is 1.88. The first-order chi connectivity index (χ1) is 12.1. The fourth-order valence-electron chi connectivity index (χ4n) is 3.22. The molecule has 3 aromatic rings. The van der Waals surface area contributed by atoms with Crippen molar-refractivity contribution in [2.45, 2.75) is 29.9 Å². The zero-order valence-electron chi connectivity index (χ0n) is 14.5. The van der Waals surface area contributed by atoms with Gasteiger partial charge in [-0.25, -0.2) is 0 Å². The maximum Gasteiger partial charge on any atom is 0.229 e. The highest BCUT2D eigenvalue weighted by Crippen LogP contribution is 2.33. The van der Waals surface area contributed by atoms with E-state index in [2.05, 4.69) is 51.2 Å². The minimum Gasteiger partial charge on any atom is -0.383 e. The van der Waals surface area contributed by atoms with Crippen molar-refractivity contribution in [2.24, 2.45) is 7.05 Å². The molecular formula is C18H22N6S. The zero-order valence-corrected chi connectivity index (χ0v) is 15.3. The molecule has 7 heteroatoms. The summed E-state index contributed by atoms with van der Waals surface area (Å²) < 4.78 is 1.75. The van der Waals surface area contributed by atoms with Gasteiger partial charge in [-0.2, -0.15) is 15.1 Å². The van der Waals surface area contributed by atoms with E-state index in [9.17, 15) is 0 Å². The highest BCUT2D eigenvalue weighted by atomic mass is 32.2. The first kappa shape index (κ1) is 16.2. The fraction of sp³-hybridized carbons (Fsp3) is 0.389. The molecule has 3 heterocycles. The van der Waals surface area contributed by atoms with E-state index in [0.717, 1.165) is 37.0 Å². The van der Waals surface area contributed by atoms with Gasteiger partial charge in [0.1, 0.15) is 5.82 Å². The number of hydrogen-bond acceptors (Lipinski definition) is 6. The smallest absolute Gasteiger partial charge is 0.229 e. The number of rotatable bonds is 3. The Morgan fingerprint density at radius 1 is 1.16 bits per heavy atom. The van der Waals surface area contributed by atoms with E-state index in [1.165, 1.54) is 10.5 Å². The van der Waals surface area contributed by atoms with E-state index in [1.807, 2.05) is 18.8 Å². The molecule has 0 unspecified atom stereocenters. The molecule has 0 saturated carbocycles. The maximum absolute atomic E-state index is 6.09. The lowest BCUT2D eigenvalue weighted by molar-refractivity contribution is 0.581. The van der Waals surface area contributed by atoms with Gasteiger partial charge < -0.3 is 10.6 Å². The second-order valence-corrected chi connectivity index (χ2v) is 7.83. The molecule has 25 heavy (non-hydrogen) atoms. The molecule has 0 spiro atoms. The van der Waals surface area contributed by atoms with Crippen LogP contribution in [0.25, 0.3) is 11.0 Å². The predicted molar refractivity (Wildman–Crippen MR) is 103 cm³/mol. The van der Waals surface area contributed by atoms with Gasteiger partial charge in [-0.05, 0) is 31.4 Å². The first-order valence-electron chi connectivity index (χ1n) is 8.54. The molecule has 0 radical (unpaired) electrons. The van der Waals surface area contributed by atoms with Crippen molar-refractivity contribution in [1.29, 1.82) is 0 Å². The number of aryl methyl sites for hydroxylation is 2. The van der Waals surface area contributed by atoms with Gasteiger partial charge >= 0.3 is 0 Å². The van der Waals surface area contributed by atoms with Gasteiger partial charge in [0.05, 0.1) is 11.6 Å². The second kappa shape index (κ2) is 6.55. The molecule has 4 rings (SSSR count). The molecule has 0 atom stereocenters. The number of fused-ring (bicyclic) bond motifs is 1. The molecule has 0 aliphatic carbocycles. The van der Waals surface area contributed by atoms with Crippen LogP contribution in [0.15, 0.2) is 35.4 Å². The number of nitrogen functional groups attached to an aromatic ring is 1. The zero-order chi connectivity index (χ0) is 17.4. The molecule has 0 bridgehead atoms. The summed E-state index contributed by atoms with van der Waals surface area (Å²) in [5, 5.41) is 5.67. The first-order valence-corrected chi connectivity index (χ1v) is 9.42. The Morgan fingerprint density at radius 3 is 2.68 bits per heavy atom. The summed E-state index contributed by atoms with van der Waals surface area (Å²) in [5.74, 6) is 1.22. The second-order valence-electron chi connectivity index (χ2n) is 6.48.